The minimum atomic E-state index is -0.432. The molecule has 1 fully saturated rings. The summed E-state index contributed by atoms with van der Waals surface area (Å²) in [5, 5.41) is 9.83. The second-order valence-electron chi connectivity index (χ2n) is 8.91. The lowest BCUT2D eigenvalue weighted by Gasteiger charge is -2.30. The quantitative estimate of drug-likeness (QED) is 0.148. The van der Waals surface area contributed by atoms with E-state index in [1.54, 1.807) is 24.2 Å². The smallest absolute Gasteiger partial charge is 0.166 e. The molecule has 0 amide bonds. The number of halogens is 1. The van der Waals surface area contributed by atoms with E-state index in [4.69, 9.17) is 4.74 Å². The summed E-state index contributed by atoms with van der Waals surface area (Å²) in [5.41, 5.74) is 8.90. The summed E-state index contributed by atoms with van der Waals surface area (Å²) in [6.07, 6.45) is 17.7. The predicted molar refractivity (Wildman–Crippen MR) is 158 cm³/mol. The molecule has 1 aromatic heterocycles. The van der Waals surface area contributed by atoms with Crippen LogP contribution in [-0.4, -0.2) is 72.4 Å². The number of hydrazine groups is 1. The largest absolute Gasteiger partial charge is 0.380 e. The van der Waals surface area contributed by atoms with Gasteiger partial charge >= 0.3 is 0 Å². The van der Waals surface area contributed by atoms with Crippen LogP contribution >= 0.6 is 0 Å². The van der Waals surface area contributed by atoms with E-state index in [1.807, 2.05) is 26.0 Å². The summed E-state index contributed by atoms with van der Waals surface area (Å²) in [5.74, 6) is -0.0262. The lowest BCUT2D eigenvalue weighted by molar-refractivity contribution is 0.133. The fraction of sp³-hybridized carbons (Fsp3) is 0.414. The molecule has 3 N–H and O–H groups in total. The van der Waals surface area contributed by atoms with Crippen molar-refractivity contribution in [1.82, 2.24) is 25.7 Å². The molecule has 0 radical (unpaired) electrons. The molecule has 1 aromatic rings. The molecule has 1 unspecified atom stereocenters. The van der Waals surface area contributed by atoms with E-state index in [1.165, 1.54) is 18.9 Å². The van der Waals surface area contributed by atoms with Crippen LogP contribution in [0.4, 0.5) is 10.1 Å². The number of nitrogens with one attached hydrogen (secondary N) is 3. The van der Waals surface area contributed by atoms with Crippen LogP contribution in [0.25, 0.3) is 0 Å². The van der Waals surface area contributed by atoms with Gasteiger partial charge in [0.25, 0.3) is 0 Å². The second-order valence-corrected chi connectivity index (χ2v) is 8.91. The zero-order valence-electron chi connectivity index (χ0n) is 23.2. The summed E-state index contributed by atoms with van der Waals surface area (Å²) >= 11 is 0. The molecule has 0 aromatic carbocycles. The molecule has 2 heterocycles. The number of amidine groups is 1. The van der Waals surface area contributed by atoms with Crippen LogP contribution in [0.15, 0.2) is 88.8 Å². The fourth-order valence-electron chi connectivity index (χ4n) is 4.00. The Hall–Kier alpha value is -3.76. The van der Waals surface area contributed by atoms with Crippen LogP contribution in [0.3, 0.4) is 0 Å². The zero-order chi connectivity index (χ0) is 27.9. The highest BCUT2D eigenvalue weighted by molar-refractivity contribution is 5.96. The summed E-state index contributed by atoms with van der Waals surface area (Å²) in [7, 11) is 0. The Labute approximate surface area is 231 Å². The molecule has 10 heteroatoms. The van der Waals surface area contributed by atoms with E-state index in [0.717, 1.165) is 24.5 Å². The maximum atomic E-state index is 14.5. The van der Waals surface area contributed by atoms with Gasteiger partial charge in [0.05, 0.1) is 42.1 Å². The normalized spacial score (nSPS) is 18.2. The monoisotopic (exact) mass is 536 g/mol. The van der Waals surface area contributed by atoms with Crippen LogP contribution in [-0.2, 0) is 4.74 Å². The molecule has 0 saturated carbocycles. The molecule has 3 rings (SSSR count). The molecule has 1 aliphatic carbocycles. The molecule has 1 saturated heterocycles. The van der Waals surface area contributed by atoms with Crippen molar-refractivity contribution in [2.24, 2.45) is 10.1 Å². The highest BCUT2D eigenvalue weighted by Crippen LogP contribution is 2.15. The van der Waals surface area contributed by atoms with Gasteiger partial charge in [0, 0.05) is 32.8 Å². The van der Waals surface area contributed by atoms with Crippen molar-refractivity contribution in [2.75, 3.05) is 44.7 Å². The van der Waals surface area contributed by atoms with Crippen molar-refractivity contribution in [2.45, 2.75) is 39.7 Å². The number of aliphatic imine (C=N–C) groups is 1. The lowest BCUT2D eigenvalue weighted by atomic mass is 10.2. The molecule has 0 bridgehead atoms. The highest BCUT2D eigenvalue weighted by Gasteiger charge is 2.15. The van der Waals surface area contributed by atoms with Gasteiger partial charge in [-0.15, -0.1) is 0 Å². The Morgan fingerprint density at radius 1 is 1.33 bits per heavy atom. The standard InChI is InChI=1S/C29H41FN8O/c1-5-28(30)29(37(6-2)19-20-39-7-3)34-23(4)36-32-22-25-13-14-26(21-31-25)35-24-11-10-12-27(16-15-24)38-18-9-8-17-33-38/h5,10-16,21-22,24,33,35-36H,4,6-9,17-20H2,1-3H3/b28-5+,32-22+,34-29+. The highest BCUT2D eigenvalue weighted by atomic mass is 19.1. The summed E-state index contributed by atoms with van der Waals surface area (Å²) in [4.78, 5) is 10.6. The Kier molecular flexibility index (Phi) is 12.4. The maximum Gasteiger partial charge on any atom is 0.166 e. The van der Waals surface area contributed by atoms with Crippen LogP contribution in [0.5, 0.6) is 0 Å². The van der Waals surface area contributed by atoms with Gasteiger partial charge in [0.1, 0.15) is 5.82 Å². The lowest BCUT2D eigenvalue weighted by Crippen LogP contribution is -2.41. The molecule has 0 spiro atoms. The minimum Gasteiger partial charge on any atom is -0.380 e. The number of hydrazone groups is 1. The van der Waals surface area contributed by atoms with Gasteiger partial charge in [-0.2, -0.15) is 5.10 Å². The number of ether oxygens (including phenoxy) is 1. The van der Waals surface area contributed by atoms with Crippen molar-refractivity contribution >= 4 is 17.7 Å². The maximum absolute atomic E-state index is 14.5. The van der Waals surface area contributed by atoms with E-state index >= 15 is 0 Å². The van der Waals surface area contributed by atoms with E-state index in [-0.39, 0.29) is 17.7 Å². The van der Waals surface area contributed by atoms with Crippen LogP contribution in [0.2, 0.25) is 0 Å². The Balaban J connectivity index is 1.53. The number of anilines is 1. The van der Waals surface area contributed by atoms with Gasteiger partial charge in [-0.1, -0.05) is 24.8 Å². The third-order valence-corrected chi connectivity index (χ3v) is 6.09. The van der Waals surface area contributed by atoms with Crippen LogP contribution in [0, 0.1) is 0 Å². The average Bonchev–Trinajstić information content (AvgIpc) is 3.21. The minimum absolute atomic E-state index is 0.0516. The van der Waals surface area contributed by atoms with Crippen molar-refractivity contribution in [3.63, 3.8) is 0 Å². The Morgan fingerprint density at radius 3 is 2.90 bits per heavy atom. The number of aromatic nitrogens is 1. The summed E-state index contributed by atoms with van der Waals surface area (Å²) in [6, 6.07) is 3.86. The number of pyridine rings is 1. The number of rotatable bonds is 13. The van der Waals surface area contributed by atoms with Gasteiger partial charge in [-0.05, 0) is 64.0 Å². The first-order valence-electron chi connectivity index (χ1n) is 13.6. The number of hydrogen-bond donors (Lipinski definition) is 3. The predicted octanol–water partition coefficient (Wildman–Crippen LogP) is 4.50. The number of allylic oxidation sites excluding steroid dienone is 4. The number of hydrogen-bond acceptors (Lipinski definition) is 8. The first-order chi connectivity index (χ1) is 19.0. The molecule has 9 nitrogen and oxygen atoms in total. The summed E-state index contributed by atoms with van der Waals surface area (Å²) < 4.78 is 19.9. The molecular weight excluding hydrogens is 495 g/mol. The Morgan fingerprint density at radius 2 is 2.21 bits per heavy atom. The first-order valence-corrected chi connectivity index (χ1v) is 13.6. The van der Waals surface area contributed by atoms with Gasteiger partial charge in [-0.25, -0.2) is 14.8 Å². The SMILES string of the molecule is C=C(/N=C(\C(F)=C/C)N(CC)CCOCC)N/N=C/c1ccc(NC2C=CC=C(N3CCCCN3)C=C2)cn1. The van der Waals surface area contributed by atoms with Crippen molar-refractivity contribution in [3.05, 3.63) is 84.4 Å². The third kappa shape index (κ3) is 9.81. The van der Waals surface area contributed by atoms with E-state index in [2.05, 4.69) is 73.2 Å². The zero-order valence-corrected chi connectivity index (χ0v) is 23.2. The number of likely N-dealkylation sites (N-methyl/N-ethyl adjacent to an activating group) is 1. The van der Waals surface area contributed by atoms with Crippen molar-refractivity contribution in [1.29, 1.82) is 0 Å². The summed E-state index contributed by atoms with van der Waals surface area (Å²) in [6.45, 7) is 13.6. The van der Waals surface area contributed by atoms with Gasteiger partial charge in [0.2, 0.25) is 0 Å². The van der Waals surface area contributed by atoms with Gasteiger partial charge in [0.15, 0.2) is 11.7 Å². The Bertz CT molecular complexity index is 1100. The molecule has 39 heavy (non-hydrogen) atoms. The molecule has 2 aliphatic rings. The van der Waals surface area contributed by atoms with Crippen LogP contribution < -0.4 is 16.2 Å². The molecular formula is C29H41FN8O. The molecule has 210 valence electrons. The average molecular weight is 537 g/mol. The first kappa shape index (κ1) is 29.8. The van der Waals surface area contributed by atoms with E-state index in [0.29, 0.717) is 32.0 Å². The third-order valence-electron chi connectivity index (χ3n) is 6.09. The fourth-order valence-corrected chi connectivity index (χ4v) is 4.00. The van der Waals surface area contributed by atoms with Crippen molar-refractivity contribution in [3.8, 4) is 0 Å². The second kappa shape index (κ2) is 16.3. The molecule has 1 atom stereocenters. The van der Waals surface area contributed by atoms with Crippen LogP contribution in [0.1, 0.15) is 39.3 Å². The number of nitrogens with zero attached hydrogens (tertiary/aromatic N) is 5. The van der Waals surface area contributed by atoms with Crippen molar-refractivity contribution < 1.29 is 9.13 Å². The van der Waals surface area contributed by atoms with Gasteiger partial charge in [-0.3, -0.25) is 10.4 Å². The van der Waals surface area contributed by atoms with Gasteiger partial charge < -0.3 is 20.0 Å². The van der Waals surface area contributed by atoms with E-state index in [9.17, 15) is 4.39 Å². The van der Waals surface area contributed by atoms with E-state index < -0.39 is 5.83 Å². The topological polar surface area (TPSA) is 89.4 Å². The molecule has 1 aliphatic heterocycles.